The fourth-order valence-electron chi connectivity index (χ4n) is 2.27. The highest BCUT2D eigenvalue weighted by atomic mass is 16.2. The number of amides is 1. The Morgan fingerprint density at radius 1 is 1.44 bits per heavy atom. The van der Waals surface area contributed by atoms with Gasteiger partial charge < -0.3 is 4.90 Å². The summed E-state index contributed by atoms with van der Waals surface area (Å²) in [5, 5.41) is 2.77. The van der Waals surface area contributed by atoms with Gasteiger partial charge >= 0.3 is 0 Å². The normalized spacial score (nSPS) is 17.7. The van der Waals surface area contributed by atoms with Crippen LogP contribution in [0.25, 0.3) is 0 Å². The van der Waals surface area contributed by atoms with E-state index < -0.39 is 0 Å². The first-order valence-corrected chi connectivity index (χ1v) is 5.52. The number of hydrogen-bond acceptors (Lipinski definition) is 3. The number of carbonyl (C=O) groups is 1. The second kappa shape index (κ2) is 3.33. The van der Waals surface area contributed by atoms with Crippen molar-refractivity contribution in [3.63, 3.8) is 0 Å². The van der Waals surface area contributed by atoms with Crippen LogP contribution < -0.4 is 5.32 Å². The van der Waals surface area contributed by atoms with E-state index in [0.29, 0.717) is 12.5 Å². The van der Waals surface area contributed by atoms with Gasteiger partial charge in [0.2, 0.25) is 11.9 Å². The smallest absolute Gasteiger partial charge is 0.246 e. The van der Waals surface area contributed by atoms with Gasteiger partial charge in [0.05, 0.1) is 5.69 Å². The van der Waals surface area contributed by atoms with E-state index in [4.69, 9.17) is 0 Å². The third-order valence-electron chi connectivity index (χ3n) is 3.09. The molecule has 1 N–H and O–H groups in total. The minimum atomic E-state index is 0.0320. The van der Waals surface area contributed by atoms with Gasteiger partial charge in [0, 0.05) is 12.1 Å². The number of carbonyl (C=O) groups excluding carboxylic acids is 1. The van der Waals surface area contributed by atoms with Crippen LogP contribution in [0.4, 0.5) is 5.69 Å². The van der Waals surface area contributed by atoms with Gasteiger partial charge in [-0.3, -0.25) is 10.1 Å². The van der Waals surface area contributed by atoms with E-state index in [1.54, 1.807) is 0 Å². The minimum Gasteiger partial charge on any atom is -0.329 e. The number of benzene rings is 1. The average molecular weight is 215 g/mol. The van der Waals surface area contributed by atoms with Gasteiger partial charge in [-0.05, 0) is 18.1 Å². The highest BCUT2D eigenvalue weighted by molar-refractivity contribution is 6.05. The Morgan fingerprint density at radius 2 is 2.31 bits per heavy atom. The van der Waals surface area contributed by atoms with Crippen molar-refractivity contribution in [3.05, 3.63) is 29.3 Å². The Kier molecular flexibility index (Phi) is 1.96. The predicted molar refractivity (Wildman–Crippen MR) is 61.5 cm³/mol. The van der Waals surface area contributed by atoms with Crippen LogP contribution in [0.3, 0.4) is 0 Å². The van der Waals surface area contributed by atoms with Gasteiger partial charge in [-0.1, -0.05) is 19.1 Å². The molecule has 0 aliphatic carbocycles. The number of nitrogens with zero attached hydrogens (tertiary/aromatic N) is 2. The molecule has 1 aromatic rings. The fourth-order valence-corrected chi connectivity index (χ4v) is 2.27. The molecule has 0 spiro atoms. The van der Waals surface area contributed by atoms with Gasteiger partial charge in [-0.15, -0.1) is 0 Å². The topological polar surface area (TPSA) is 44.7 Å². The van der Waals surface area contributed by atoms with Crippen molar-refractivity contribution in [1.29, 1.82) is 0 Å². The second-order valence-electron chi connectivity index (χ2n) is 4.11. The second-order valence-corrected chi connectivity index (χ2v) is 4.11. The highest BCUT2D eigenvalue weighted by Gasteiger charge is 2.29. The molecule has 0 aromatic heterocycles. The summed E-state index contributed by atoms with van der Waals surface area (Å²) in [6.07, 6.45) is 1.00. The van der Waals surface area contributed by atoms with Crippen molar-refractivity contribution in [2.45, 2.75) is 19.9 Å². The van der Waals surface area contributed by atoms with E-state index in [1.807, 2.05) is 17.0 Å². The van der Waals surface area contributed by atoms with Crippen molar-refractivity contribution in [2.24, 2.45) is 4.99 Å². The Bertz CT molecular complexity index is 493. The van der Waals surface area contributed by atoms with Gasteiger partial charge in [-0.2, -0.15) is 0 Å². The quantitative estimate of drug-likeness (QED) is 0.764. The van der Waals surface area contributed by atoms with Crippen LogP contribution in [0, 0.1) is 0 Å². The number of aliphatic imine (C=N–C) groups is 1. The molecule has 2 aliphatic heterocycles. The molecular weight excluding hydrogens is 202 g/mol. The number of guanidine groups is 1. The number of hydrogen-bond donors (Lipinski definition) is 1. The van der Waals surface area contributed by atoms with E-state index in [0.717, 1.165) is 18.7 Å². The summed E-state index contributed by atoms with van der Waals surface area (Å²) in [6, 6.07) is 6.15. The van der Waals surface area contributed by atoms with Crippen LogP contribution in [0.1, 0.15) is 18.1 Å². The summed E-state index contributed by atoms with van der Waals surface area (Å²) in [5.41, 5.74) is 3.57. The van der Waals surface area contributed by atoms with Crippen molar-refractivity contribution in [1.82, 2.24) is 10.2 Å². The maximum atomic E-state index is 11.3. The van der Waals surface area contributed by atoms with Crippen molar-refractivity contribution >= 4 is 17.6 Å². The molecule has 0 atom stereocenters. The monoisotopic (exact) mass is 215 g/mol. The van der Waals surface area contributed by atoms with Crippen LogP contribution >= 0.6 is 0 Å². The fraction of sp³-hybridized carbons (Fsp3) is 0.333. The third-order valence-corrected chi connectivity index (χ3v) is 3.09. The maximum absolute atomic E-state index is 11.3. The molecule has 0 bridgehead atoms. The summed E-state index contributed by atoms with van der Waals surface area (Å²) in [5.74, 6) is 0.732. The molecule has 4 heteroatoms. The van der Waals surface area contributed by atoms with Crippen LogP contribution in [-0.2, 0) is 17.8 Å². The largest absolute Gasteiger partial charge is 0.329 e. The lowest BCUT2D eigenvalue weighted by molar-refractivity contribution is -0.118. The molecule has 82 valence electrons. The van der Waals surface area contributed by atoms with E-state index in [-0.39, 0.29) is 5.91 Å². The molecule has 0 saturated carbocycles. The first-order valence-electron chi connectivity index (χ1n) is 5.52. The summed E-state index contributed by atoms with van der Waals surface area (Å²) < 4.78 is 0. The Hall–Kier alpha value is -1.84. The lowest BCUT2D eigenvalue weighted by atomic mass is 10.0. The molecule has 3 rings (SSSR count). The molecule has 1 fully saturated rings. The van der Waals surface area contributed by atoms with Crippen molar-refractivity contribution in [3.8, 4) is 0 Å². The summed E-state index contributed by atoms with van der Waals surface area (Å²) in [4.78, 5) is 17.7. The molecular formula is C12H13N3O. The molecule has 1 amide bonds. The third kappa shape index (κ3) is 1.30. The number of rotatable bonds is 1. The van der Waals surface area contributed by atoms with E-state index in [1.165, 1.54) is 11.1 Å². The number of aryl methyl sites for hydroxylation is 1. The Balaban J connectivity index is 2.08. The van der Waals surface area contributed by atoms with E-state index in [9.17, 15) is 4.79 Å². The zero-order chi connectivity index (χ0) is 11.1. The molecule has 1 saturated heterocycles. The standard InChI is InChI=1S/C12H13N3O/c1-2-8-4-3-5-10-9(8)6-15-7-11(16)14-12(15)13-10/h3-5H,2,6-7H2,1H3,(H,13,14,16). The first-order chi connectivity index (χ1) is 7.78. The Morgan fingerprint density at radius 3 is 3.12 bits per heavy atom. The predicted octanol–water partition coefficient (Wildman–Crippen LogP) is 1.18. The summed E-state index contributed by atoms with van der Waals surface area (Å²) in [6.45, 7) is 3.36. The van der Waals surface area contributed by atoms with Crippen LogP contribution in [0.5, 0.6) is 0 Å². The van der Waals surface area contributed by atoms with Crippen LogP contribution in [-0.4, -0.2) is 23.3 Å². The van der Waals surface area contributed by atoms with Gasteiger partial charge in [0.1, 0.15) is 6.54 Å². The molecule has 0 radical (unpaired) electrons. The Labute approximate surface area is 94.0 Å². The van der Waals surface area contributed by atoms with Gasteiger partial charge in [0.25, 0.3) is 0 Å². The molecule has 0 unspecified atom stereocenters. The minimum absolute atomic E-state index is 0.0320. The summed E-state index contributed by atoms with van der Waals surface area (Å²) >= 11 is 0. The molecule has 2 aliphatic rings. The lowest BCUT2D eigenvalue weighted by Gasteiger charge is -2.24. The van der Waals surface area contributed by atoms with Gasteiger partial charge in [-0.25, -0.2) is 4.99 Å². The molecule has 2 heterocycles. The lowest BCUT2D eigenvalue weighted by Crippen LogP contribution is -2.32. The van der Waals surface area contributed by atoms with Gasteiger partial charge in [0.15, 0.2) is 0 Å². The number of nitrogens with one attached hydrogen (secondary N) is 1. The molecule has 16 heavy (non-hydrogen) atoms. The average Bonchev–Trinajstić information content (AvgIpc) is 2.64. The SMILES string of the molecule is CCc1cccc2c1CN1CC(=O)NC1=N2. The zero-order valence-electron chi connectivity index (χ0n) is 9.16. The van der Waals surface area contributed by atoms with Crippen LogP contribution in [0.15, 0.2) is 23.2 Å². The van der Waals surface area contributed by atoms with E-state index >= 15 is 0 Å². The first kappa shape index (κ1) is 9.39. The van der Waals surface area contributed by atoms with Crippen molar-refractivity contribution in [2.75, 3.05) is 6.54 Å². The van der Waals surface area contributed by atoms with E-state index in [2.05, 4.69) is 23.3 Å². The zero-order valence-corrected chi connectivity index (χ0v) is 9.16. The number of fused-ring (bicyclic) bond motifs is 2. The highest BCUT2D eigenvalue weighted by Crippen LogP contribution is 2.29. The molecule has 4 nitrogen and oxygen atoms in total. The maximum Gasteiger partial charge on any atom is 0.246 e. The van der Waals surface area contributed by atoms with Crippen LogP contribution in [0.2, 0.25) is 0 Å². The van der Waals surface area contributed by atoms with Crippen molar-refractivity contribution < 1.29 is 4.79 Å². The summed E-state index contributed by atoms with van der Waals surface area (Å²) in [7, 11) is 0. The molecule has 1 aromatic carbocycles.